The number of carboxylic acids is 1. The summed E-state index contributed by atoms with van der Waals surface area (Å²) in [6, 6.07) is 29.4. The average Bonchev–Trinajstić information content (AvgIpc) is 3.43. The maximum absolute atomic E-state index is 13.3. The predicted molar refractivity (Wildman–Crippen MR) is 161 cm³/mol. The minimum Gasteiger partial charge on any atom is -0.480 e. The normalized spacial score (nSPS) is 14.5. The van der Waals surface area contributed by atoms with Crippen LogP contribution >= 0.6 is 0 Å². The molecule has 0 aromatic heterocycles. The molecule has 0 amide bonds. The van der Waals surface area contributed by atoms with Crippen molar-refractivity contribution >= 4 is 11.9 Å². The molecule has 0 fully saturated rings. The fraction of sp³-hybridized carbons (Fsp3) is 0.189. The third kappa shape index (κ3) is 4.32. The van der Waals surface area contributed by atoms with E-state index in [0.717, 1.165) is 22.3 Å². The van der Waals surface area contributed by atoms with Crippen molar-refractivity contribution in [2.75, 3.05) is 6.61 Å². The molecule has 0 heterocycles. The average molecular weight is 569 g/mol. The highest BCUT2D eigenvalue weighted by Crippen LogP contribution is 2.48. The highest BCUT2D eigenvalue weighted by molar-refractivity contribution is 6.00. The maximum Gasteiger partial charge on any atom is 0.325 e. The first-order chi connectivity index (χ1) is 20.8. The molecule has 0 atom stereocenters. The van der Waals surface area contributed by atoms with E-state index in [1.807, 2.05) is 48.5 Å². The van der Waals surface area contributed by atoms with E-state index in [4.69, 9.17) is 4.74 Å². The largest absolute Gasteiger partial charge is 0.480 e. The summed E-state index contributed by atoms with van der Waals surface area (Å²) in [5, 5.41) is 34.0. The van der Waals surface area contributed by atoms with Gasteiger partial charge in [0.1, 0.15) is 0 Å². The van der Waals surface area contributed by atoms with Crippen molar-refractivity contribution in [1.29, 1.82) is 0 Å². The Bertz CT molecular complexity index is 1690. The summed E-state index contributed by atoms with van der Waals surface area (Å²) in [5.41, 5.74) is 0.140. The molecule has 6 rings (SSSR count). The lowest BCUT2D eigenvalue weighted by Crippen LogP contribution is -2.40. The summed E-state index contributed by atoms with van der Waals surface area (Å²) >= 11 is 0. The Morgan fingerprint density at radius 1 is 0.651 bits per heavy atom. The van der Waals surface area contributed by atoms with Gasteiger partial charge in [-0.15, -0.1) is 0 Å². The molecule has 4 aromatic carbocycles. The highest BCUT2D eigenvalue weighted by Gasteiger charge is 2.48. The Morgan fingerprint density at radius 2 is 0.977 bits per heavy atom. The van der Waals surface area contributed by atoms with E-state index in [9.17, 15) is 24.9 Å². The Labute approximate surface area is 249 Å². The number of carbonyl (C=O) groups is 2. The van der Waals surface area contributed by atoms with E-state index < -0.39 is 41.4 Å². The second kappa shape index (κ2) is 10.6. The van der Waals surface area contributed by atoms with Gasteiger partial charge in [0.05, 0.1) is 6.61 Å². The van der Waals surface area contributed by atoms with Gasteiger partial charge in [0.25, 0.3) is 0 Å². The maximum atomic E-state index is 13.3. The van der Waals surface area contributed by atoms with Crippen LogP contribution in [-0.4, -0.2) is 33.9 Å². The van der Waals surface area contributed by atoms with Crippen LogP contribution in [0.2, 0.25) is 0 Å². The first kappa shape index (κ1) is 28.0. The summed E-state index contributed by atoms with van der Waals surface area (Å²) in [4.78, 5) is 26.0. The smallest absolute Gasteiger partial charge is 0.325 e. The number of carboxylic acid groups (broad SMARTS) is 1. The first-order valence-corrected chi connectivity index (χ1v) is 14.0. The monoisotopic (exact) mass is 568 g/mol. The van der Waals surface area contributed by atoms with Crippen LogP contribution in [0.15, 0.2) is 97.1 Å². The molecular weight excluding hydrogens is 540 g/mol. The number of ether oxygens (including phenoxy) is 1. The number of hydrogen-bond donors (Lipinski definition) is 3. The van der Waals surface area contributed by atoms with Crippen LogP contribution in [0.25, 0.3) is 22.3 Å². The van der Waals surface area contributed by atoms with Gasteiger partial charge in [0, 0.05) is 35.1 Å². The third-order valence-corrected chi connectivity index (χ3v) is 8.24. The molecule has 43 heavy (non-hydrogen) atoms. The van der Waals surface area contributed by atoms with Crippen molar-refractivity contribution in [2.24, 2.45) is 5.41 Å². The van der Waals surface area contributed by atoms with Gasteiger partial charge in [-0.05, 0) is 29.2 Å². The van der Waals surface area contributed by atoms with Gasteiger partial charge in [-0.3, -0.25) is 9.59 Å². The van der Waals surface area contributed by atoms with Gasteiger partial charge >= 0.3 is 11.9 Å². The van der Waals surface area contributed by atoms with Crippen LogP contribution < -0.4 is 0 Å². The van der Waals surface area contributed by atoms with Gasteiger partial charge in [-0.1, -0.05) is 121 Å². The zero-order chi connectivity index (χ0) is 30.2. The highest BCUT2D eigenvalue weighted by atomic mass is 16.5. The molecule has 0 aliphatic heterocycles. The van der Waals surface area contributed by atoms with Crippen LogP contribution in [0.5, 0.6) is 0 Å². The molecule has 3 N–H and O–H groups in total. The molecule has 0 saturated heterocycles. The quantitative estimate of drug-likeness (QED) is 0.173. The molecule has 2 aliphatic rings. The second-order valence-corrected chi connectivity index (χ2v) is 10.7. The molecule has 6 nitrogen and oxygen atoms in total. The topological polar surface area (TPSA) is 104 Å². The lowest BCUT2D eigenvalue weighted by molar-refractivity contribution is -0.167. The molecular formula is C37H28O6. The Balaban J connectivity index is 1.39. The van der Waals surface area contributed by atoms with Crippen molar-refractivity contribution in [2.45, 2.75) is 31.0 Å². The number of esters is 1. The second-order valence-electron chi connectivity index (χ2n) is 10.7. The Hall–Kier alpha value is -5.14. The molecule has 0 unspecified atom stereocenters. The van der Waals surface area contributed by atoms with E-state index in [1.165, 1.54) is 0 Å². The summed E-state index contributed by atoms with van der Waals surface area (Å²) in [5.74, 6) is 8.96. The number of fused-ring (bicyclic) bond motifs is 6. The fourth-order valence-electron chi connectivity index (χ4n) is 6.05. The summed E-state index contributed by atoms with van der Waals surface area (Å²) in [6.07, 6.45) is -0.928. The first-order valence-electron chi connectivity index (χ1n) is 14.0. The van der Waals surface area contributed by atoms with Crippen molar-refractivity contribution in [3.8, 4) is 45.9 Å². The van der Waals surface area contributed by atoms with Gasteiger partial charge < -0.3 is 20.1 Å². The predicted octanol–water partition coefficient (Wildman–Crippen LogP) is 5.24. The number of carbonyl (C=O) groups excluding carboxylic acids is 1. The lowest BCUT2D eigenvalue weighted by Gasteiger charge is -2.24. The summed E-state index contributed by atoms with van der Waals surface area (Å²) < 4.78 is 5.21. The number of aliphatic carboxylic acids is 1. The zero-order valence-electron chi connectivity index (χ0n) is 23.4. The van der Waals surface area contributed by atoms with Crippen LogP contribution in [0.3, 0.4) is 0 Å². The molecule has 0 spiro atoms. The third-order valence-electron chi connectivity index (χ3n) is 8.24. The summed E-state index contributed by atoms with van der Waals surface area (Å²) in [6.45, 7) is 1.55. The Morgan fingerprint density at radius 3 is 1.28 bits per heavy atom. The van der Waals surface area contributed by atoms with Crippen molar-refractivity contribution in [1.82, 2.24) is 0 Å². The molecule has 2 aliphatic carbocycles. The molecule has 4 aromatic rings. The number of aliphatic hydroxyl groups is 2. The minimum atomic E-state index is -2.15. The number of rotatable bonds is 5. The van der Waals surface area contributed by atoms with E-state index in [1.54, 1.807) is 55.5 Å². The van der Waals surface area contributed by atoms with Gasteiger partial charge in [-0.2, -0.15) is 0 Å². The molecule has 0 saturated carbocycles. The van der Waals surface area contributed by atoms with Crippen LogP contribution in [0, 0.1) is 29.1 Å². The summed E-state index contributed by atoms with van der Waals surface area (Å²) in [7, 11) is 0. The van der Waals surface area contributed by atoms with Gasteiger partial charge in [0.2, 0.25) is 0 Å². The van der Waals surface area contributed by atoms with Gasteiger partial charge in [-0.25, -0.2) is 0 Å². The fourth-order valence-corrected chi connectivity index (χ4v) is 6.05. The van der Waals surface area contributed by atoms with E-state index >= 15 is 0 Å². The van der Waals surface area contributed by atoms with Crippen molar-refractivity contribution < 1.29 is 29.6 Å². The van der Waals surface area contributed by atoms with E-state index in [-0.39, 0.29) is 6.61 Å². The van der Waals surface area contributed by atoms with Crippen LogP contribution in [0.1, 0.15) is 42.0 Å². The number of benzene rings is 4. The zero-order valence-corrected chi connectivity index (χ0v) is 23.4. The van der Waals surface area contributed by atoms with Crippen LogP contribution in [0.4, 0.5) is 0 Å². The number of hydrogen-bond acceptors (Lipinski definition) is 5. The molecule has 212 valence electrons. The van der Waals surface area contributed by atoms with E-state index in [0.29, 0.717) is 22.3 Å². The molecule has 0 radical (unpaired) electrons. The van der Waals surface area contributed by atoms with Gasteiger partial charge in [0.15, 0.2) is 16.6 Å². The van der Waals surface area contributed by atoms with Crippen LogP contribution in [-0.2, 0) is 25.5 Å². The van der Waals surface area contributed by atoms with Crippen molar-refractivity contribution in [3.05, 3.63) is 119 Å². The van der Waals surface area contributed by atoms with E-state index in [2.05, 4.69) is 23.7 Å². The SMILES string of the molecule is CCOC(=O)C(CC#CC1(O)c2ccccc2-c2ccccc21)(CC#CC1(O)c2ccccc2-c2ccccc21)C(=O)O. The molecule has 0 bridgehead atoms. The lowest BCUT2D eigenvalue weighted by atomic mass is 9.80. The van der Waals surface area contributed by atoms with Crippen molar-refractivity contribution in [3.63, 3.8) is 0 Å². The molecule has 6 heteroatoms. The Kier molecular flexibility index (Phi) is 6.90. The minimum absolute atomic E-state index is 0.0376. The standard InChI is InChI=1S/C37H28O6/c1-2-43-34(40)35(33(38)39,21-11-23-36(41)29-17-7-3-13-25(29)26-14-4-8-18-30(26)36)22-12-24-37(42)31-19-9-5-15-27(31)28-16-6-10-20-32(28)37/h3-10,13-20,41-42H,2,21-22H2,1H3,(H,38,39).